The van der Waals surface area contributed by atoms with Crippen LogP contribution in [0.25, 0.3) is 39.4 Å². The van der Waals surface area contributed by atoms with E-state index in [0.29, 0.717) is 0 Å². The predicted octanol–water partition coefficient (Wildman–Crippen LogP) is 9.97. The van der Waals surface area contributed by atoms with E-state index in [2.05, 4.69) is 134 Å². The molecule has 0 N–H and O–H groups in total. The van der Waals surface area contributed by atoms with Crippen molar-refractivity contribution in [1.29, 1.82) is 0 Å². The van der Waals surface area contributed by atoms with Gasteiger partial charge in [-0.1, -0.05) is 107 Å². The molecule has 1 radical (unpaired) electrons. The van der Waals surface area contributed by atoms with Gasteiger partial charge in [0.2, 0.25) is 0 Å². The van der Waals surface area contributed by atoms with Crippen molar-refractivity contribution in [2.75, 3.05) is 0 Å². The van der Waals surface area contributed by atoms with Crippen molar-refractivity contribution in [3.63, 3.8) is 0 Å². The van der Waals surface area contributed by atoms with Gasteiger partial charge in [-0.3, -0.25) is 0 Å². The molecule has 0 unspecified atom stereocenters. The van der Waals surface area contributed by atoms with Gasteiger partial charge < -0.3 is 9.97 Å². The fraction of sp³-hybridized carbons (Fsp3) is 0.150. The van der Waals surface area contributed by atoms with Gasteiger partial charge in [0.25, 0.3) is 0 Å². The molecule has 0 fully saturated rings. The average Bonchev–Trinajstić information content (AvgIpc) is 3.04. The van der Waals surface area contributed by atoms with E-state index in [1.807, 2.05) is 36.5 Å². The summed E-state index contributed by atoms with van der Waals surface area (Å²) in [6.45, 7) is 10.4. The van der Waals surface area contributed by atoms with Crippen molar-refractivity contribution in [3.05, 3.63) is 163 Å². The summed E-state index contributed by atoms with van der Waals surface area (Å²) < 4.78 is 0. The van der Waals surface area contributed by atoms with Crippen LogP contribution in [0, 0.1) is 12.1 Å². The molecule has 6 aromatic rings. The van der Waals surface area contributed by atoms with Gasteiger partial charge in [-0.05, 0) is 51.2 Å². The monoisotopic (exact) mass is 737 g/mol. The van der Waals surface area contributed by atoms with Crippen LogP contribution >= 0.6 is 0 Å². The second-order valence-electron chi connectivity index (χ2n) is 11.4. The van der Waals surface area contributed by atoms with Gasteiger partial charge in [-0.25, -0.2) is 0 Å². The first-order valence-corrected chi connectivity index (χ1v) is 14.4. The van der Waals surface area contributed by atoms with Gasteiger partial charge in [0.05, 0.1) is 0 Å². The molecular weight excluding hydrogens is 701 g/mol. The SMILES string of the molecule is C=Cc1ccc(CCc2c[c-]c(-c3cc4ccccc4cn3)cc2)cc1.CC(C)(C)c1c[c-]c(-c2ccccn2)cc1.[Ir]. The summed E-state index contributed by atoms with van der Waals surface area (Å²) in [6, 6.07) is 44.3. The van der Waals surface area contributed by atoms with Crippen LogP contribution in [0.1, 0.15) is 43.0 Å². The first-order valence-electron chi connectivity index (χ1n) is 14.4. The summed E-state index contributed by atoms with van der Waals surface area (Å²) in [5.41, 5.74) is 9.31. The molecule has 0 bridgehead atoms. The predicted molar refractivity (Wildman–Crippen MR) is 177 cm³/mol. The number of hydrogen-bond donors (Lipinski definition) is 0. The second kappa shape index (κ2) is 14.8. The Hall–Kier alpha value is -4.17. The van der Waals surface area contributed by atoms with Crippen LogP contribution in [0.5, 0.6) is 0 Å². The minimum Gasteiger partial charge on any atom is -0.305 e. The van der Waals surface area contributed by atoms with Crippen LogP contribution in [0.3, 0.4) is 0 Å². The summed E-state index contributed by atoms with van der Waals surface area (Å²) in [5, 5.41) is 2.37. The molecule has 0 aliphatic carbocycles. The third-order valence-corrected chi connectivity index (χ3v) is 7.32. The van der Waals surface area contributed by atoms with E-state index in [0.717, 1.165) is 46.3 Å². The molecule has 2 heterocycles. The number of aryl methyl sites for hydroxylation is 2. The van der Waals surface area contributed by atoms with Crippen molar-refractivity contribution < 1.29 is 20.1 Å². The molecule has 6 rings (SSSR count). The maximum atomic E-state index is 4.58. The van der Waals surface area contributed by atoms with Crippen LogP contribution in [-0.4, -0.2) is 9.97 Å². The minimum absolute atomic E-state index is 0. The molecule has 0 aliphatic heterocycles. The number of nitrogens with zero attached hydrogens (tertiary/aromatic N) is 2. The van der Waals surface area contributed by atoms with E-state index in [4.69, 9.17) is 0 Å². The minimum atomic E-state index is 0. The van der Waals surface area contributed by atoms with E-state index in [1.54, 1.807) is 6.20 Å². The van der Waals surface area contributed by atoms with Crippen molar-refractivity contribution in [3.8, 4) is 22.5 Å². The molecular formula is C40H36IrN2-2. The zero-order valence-corrected chi connectivity index (χ0v) is 27.4. The van der Waals surface area contributed by atoms with Crippen LogP contribution < -0.4 is 0 Å². The van der Waals surface area contributed by atoms with Crippen LogP contribution in [0.15, 0.2) is 128 Å². The summed E-state index contributed by atoms with van der Waals surface area (Å²) in [4.78, 5) is 8.89. The number of hydrogen-bond acceptors (Lipinski definition) is 2. The Balaban J connectivity index is 0.000000215. The maximum absolute atomic E-state index is 4.58. The van der Waals surface area contributed by atoms with E-state index in [1.165, 1.54) is 22.1 Å². The van der Waals surface area contributed by atoms with Crippen LogP contribution in [-0.2, 0) is 38.4 Å². The van der Waals surface area contributed by atoms with Gasteiger partial charge in [-0.2, -0.15) is 0 Å². The molecule has 2 aromatic heterocycles. The number of fused-ring (bicyclic) bond motifs is 1. The molecule has 0 spiro atoms. The molecule has 0 atom stereocenters. The standard InChI is InChI=1S/C25H20N.C15H16N.Ir/c1-2-19-7-9-20(10-8-19)11-12-21-13-15-22(16-14-21)25-17-23-5-3-4-6-24(23)18-26-25;1-15(2,3)13-9-7-12(8-10-13)14-6-4-5-11-16-14;/h2-10,13-15,17-18H,1,11-12H2;4-7,9-11H,1-3H3;/q2*-1;. The zero-order valence-electron chi connectivity index (χ0n) is 25.0. The Morgan fingerprint density at radius 3 is 1.95 bits per heavy atom. The maximum Gasteiger partial charge on any atom is 0.0239 e. The second-order valence-corrected chi connectivity index (χ2v) is 11.4. The summed E-state index contributed by atoms with van der Waals surface area (Å²) in [5.74, 6) is 0. The Bertz CT molecular complexity index is 1730. The average molecular weight is 737 g/mol. The molecule has 0 saturated heterocycles. The van der Waals surface area contributed by atoms with Gasteiger partial charge >= 0.3 is 0 Å². The van der Waals surface area contributed by atoms with Crippen molar-refractivity contribution >= 4 is 16.8 Å². The molecule has 43 heavy (non-hydrogen) atoms. The third-order valence-electron chi connectivity index (χ3n) is 7.32. The van der Waals surface area contributed by atoms with E-state index < -0.39 is 0 Å². The fourth-order valence-electron chi connectivity index (χ4n) is 4.68. The fourth-order valence-corrected chi connectivity index (χ4v) is 4.68. The Labute approximate surface area is 269 Å². The zero-order chi connectivity index (χ0) is 29.4. The number of aromatic nitrogens is 2. The largest absolute Gasteiger partial charge is 0.305 e. The Kier molecular flexibility index (Phi) is 11.0. The molecule has 2 nitrogen and oxygen atoms in total. The van der Waals surface area contributed by atoms with Crippen molar-refractivity contribution in [2.24, 2.45) is 0 Å². The quantitative estimate of drug-likeness (QED) is 0.159. The number of rotatable bonds is 6. The number of benzene rings is 4. The summed E-state index contributed by atoms with van der Waals surface area (Å²) in [7, 11) is 0. The first kappa shape index (κ1) is 31.8. The van der Waals surface area contributed by atoms with Crippen molar-refractivity contribution in [1.82, 2.24) is 9.97 Å². The summed E-state index contributed by atoms with van der Waals surface area (Å²) >= 11 is 0. The van der Waals surface area contributed by atoms with E-state index in [-0.39, 0.29) is 25.5 Å². The summed E-state index contributed by atoms with van der Waals surface area (Å²) in [6.07, 6.45) is 7.65. The van der Waals surface area contributed by atoms with Gasteiger partial charge in [0.15, 0.2) is 0 Å². The van der Waals surface area contributed by atoms with E-state index >= 15 is 0 Å². The topological polar surface area (TPSA) is 25.8 Å². The van der Waals surface area contributed by atoms with Crippen molar-refractivity contribution in [2.45, 2.75) is 39.0 Å². The smallest absolute Gasteiger partial charge is 0.0239 e. The van der Waals surface area contributed by atoms with Crippen LogP contribution in [0.4, 0.5) is 0 Å². The molecule has 0 amide bonds. The Morgan fingerprint density at radius 1 is 0.674 bits per heavy atom. The molecule has 4 aromatic carbocycles. The van der Waals surface area contributed by atoms with Gasteiger partial charge in [-0.15, -0.1) is 70.8 Å². The van der Waals surface area contributed by atoms with Gasteiger partial charge in [0.1, 0.15) is 0 Å². The molecule has 0 aliphatic rings. The number of pyridine rings is 2. The first-order chi connectivity index (χ1) is 20.4. The third kappa shape index (κ3) is 8.67. The van der Waals surface area contributed by atoms with Gasteiger partial charge in [0, 0.05) is 32.5 Å². The normalized spacial score (nSPS) is 10.8. The van der Waals surface area contributed by atoms with Crippen LogP contribution in [0.2, 0.25) is 0 Å². The molecule has 217 valence electrons. The Morgan fingerprint density at radius 2 is 1.33 bits per heavy atom. The molecule has 3 heteroatoms. The molecule has 0 saturated carbocycles. The van der Waals surface area contributed by atoms with E-state index in [9.17, 15) is 0 Å².